The van der Waals surface area contributed by atoms with Crippen LogP contribution in [0.25, 0.3) is 0 Å². The van der Waals surface area contributed by atoms with Crippen LogP contribution in [0, 0.1) is 11.8 Å². The quantitative estimate of drug-likeness (QED) is 0.749. The molecule has 112 valence electrons. The van der Waals surface area contributed by atoms with Crippen molar-refractivity contribution in [3.63, 3.8) is 0 Å². The molecule has 3 atom stereocenters. The van der Waals surface area contributed by atoms with Crippen molar-refractivity contribution in [2.45, 2.75) is 39.8 Å². The molecular weight excluding hydrogens is 252 g/mol. The van der Waals surface area contributed by atoms with E-state index >= 15 is 0 Å². The second kappa shape index (κ2) is 7.90. The summed E-state index contributed by atoms with van der Waals surface area (Å²) in [6.07, 6.45) is 0. The molecule has 0 saturated carbocycles. The second-order valence-electron chi connectivity index (χ2n) is 5.70. The Balaban J connectivity index is 2.65. The fourth-order valence-electron chi connectivity index (χ4n) is 1.99. The van der Waals surface area contributed by atoms with Gasteiger partial charge in [-0.25, -0.2) is 4.79 Å². The van der Waals surface area contributed by atoms with Gasteiger partial charge in [-0.2, -0.15) is 0 Å². The predicted molar refractivity (Wildman–Crippen MR) is 81.4 cm³/mol. The summed E-state index contributed by atoms with van der Waals surface area (Å²) in [4.78, 5) is 12.1. The van der Waals surface area contributed by atoms with Gasteiger partial charge in [-0.3, -0.25) is 0 Å². The van der Waals surface area contributed by atoms with Crippen LogP contribution >= 0.6 is 0 Å². The molecule has 0 heterocycles. The van der Waals surface area contributed by atoms with E-state index in [0.29, 0.717) is 5.92 Å². The van der Waals surface area contributed by atoms with Crippen molar-refractivity contribution in [3.8, 4) is 0 Å². The van der Waals surface area contributed by atoms with E-state index in [4.69, 9.17) is 5.11 Å². The van der Waals surface area contributed by atoms with Gasteiger partial charge in [0, 0.05) is 12.6 Å². The van der Waals surface area contributed by atoms with Crippen LogP contribution in [0.5, 0.6) is 0 Å². The molecule has 0 fully saturated rings. The summed E-state index contributed by atoms with van der Waals surface area (Å²) in [7, 11) is 0. The van der Waals surface area contributed by atoms with Crippen molar-refractivity contribution in [3.05, 3.63) is 35.9 Å². The number of aliphatic hydroxyl groups is 1. The number of urea groups is 1. The Morgan fingerprint density at radius 3 is 2.20 bits per heavy atom. The zero-order valence-electron chi connectivity index (χ0n) is 12.8. The third-order valence-electron chi connectivity index (χ3n) is 3.61. The molecule has 0 aliphatic carbocycles. The van der Waals surface area contributed by atoms with Gasteiger partial charge in [-0.1, -0.05) is 51.1 Å². The van der Waals surface area contributed by atoms with Crippen molar-refractivity contribution in [2.75, 3.05) is 6.61 Å². The maximum absolute atomic E-state index is 12.1. The van der Waals surface area contributed by atoms with Gasteiger partial charge in [0.2, 0.25) is 0 Å². The first-order valence-corrected chi connectivity index (χ1v) is 7.18. The van der Waals surface area contributed by atoms with Crippen molar-refractivity contribution >= 4 is 6.03 Å². The van der Waals surface area contributed by atoms with E-state index in [0.717, 1.165) is 5.56 Å². The molecule has 1 aromatic carbocycles. The third-order valence-corrected chi connectivity index (χ3v) is 3.61. The first kappa shape index (κ1) is 16.5. The minimum atomic E-state index is -0.194. The van der Waals surface area contributed by atoms with Crippen molar-refractivity contribution in [1.29, 1.82) is 0 Å². The molecule has 0 aliphatic heterocycles. The zero-order valence-corrected chi connectivity index (χ0v) is 12.8. The van der Waals surface area contributed by atoms with E-state index < -0.39 is 0 Å². The van der Waals surface area contributed by atoms with Gasteiger partial charge in [0.25, 0.3) is 0 Å². The fourth-order valence-corrected chi connectivity index (χ4v) is 1.99. The van der Waals surface area contributed by atoms with Crippen molar-refractivity contribution in [2.24, 2.45) is 11.8 Å². The van der Waals surface area contributed by atoms with Crippen LogP contribution < -0.4 is 10.6 Å². The molecule has 0 spiro atoms. The van der Waals surface area contributed by atoms with Crippen LogP contribution in [0.15, 0.2) is 30.3 Å². The molecule has 20 heavy (non-hydrogen) atoms. The SMILES string of the molecule is CC(C)C(NC(=O)NC(C)C(C)CO)c1ccccc1. The highest BCUT2D eigenvalue weighted by Crippen LogP contribution is 2.21. The lowest BCUT2D eigenvalue weighted by atomic mass is 9.96. The molecule has 3 N–H and O–H groups in total. The molecule has 4 nitrogen and oxygen atoms in total. The average Bonchev–Trinajstić information content (AvgIpc) is 2.44. The van der Waals surface area contributed by atoms with E-state index in [1.54, 1.807) is 0 Å². The van der Waals surface area contributed by atoms with Crippen LogP contribution in [0.3, 0.4) is 0 Å². The number of amides is 2. The van der Waals surface area contributed by atoms with Gasteiger partial charge in [0.05, 0.1) is 6.04 Å². The van der Waals surface area contributed by atoms with Gasteiger partial charge >= 0.3 is 6.03 Å². The lowest BCUT2D eigenvalue weighted by molar-refractivity contribution is 0.197. The summed E-state index contributed by atoms with van der Waals surface area (Å²) in [6.45, 7) is 8.03. The number of rotatable bonds is 6. The highest BCUT2D eigenvalue weighted by Gasteiger charge is 2.20. The summed E-state index contributed by atoms with van der Waals surface area (Å²) in [5.41, 5.74) is 1.10. The minimum Gasteiger partial charge on any atom is -0.396 e. The molecule has 0 radical (unpaired) electrons. The molecule has 0 bridgehead atoms. The Hall–Kier alpha value is -1.55. The summed E-state index contributed by atoms with van der Waals surface area (Å²) in [6, 6.07) is 9.67. The minimum absolute atomic E-state index is 0.0205. The van der Waals surface area contributed by atoms with Gasteiger partial charge in [0.15, 0.2) is 0 Å². The topological polar surface area (TPSA) is 61.4 Å². The molecule has 3 unspecified atom stereocenters. The van der Waals surface area contributed by atoms with Gasteiger partial charge in [0.1, 0.15) is 0 Å². The summed E-state index contributed by atoms with van der Waals surface area (Å²) in [5.74, 6) is 0.337. The fraction of sp³-hybridized carbons (Fsp3) is 0.562. The normalized spacial score (nSPS) is 15.5. The summed E-state index contributed by atoms with van der Waals surface area (Å²) in [5, 5.41) is 15.0. The van der Waals surface area contributed by atoms with Crippen molar-refractivity contribution in [1.82, 2.24) is 10.6 Å². The lowest BCUT2D eigenvalue weighted by Gasteiger charge is -2.25. The van der Waals surface area contributed by atoms with E-state index in [9.17, 15) is 4.79 Å². The van der Waals surface area contributed by atoms with Crippen LogP contribution in [0.4, 0.5) is 4.79 Å². The molecule has 0 saturated heterocycles. The monoisotopic (exact) mass is 278 g/mol. The largest absolute Gasteiger partial charge is 0.396 e. The van der Waals surface area contributed by atoms with Crippen LogP contribution in [-0.2, 0) is 0 Å². The third kappa shape index (κ3) is 4.85. The first-order chi connectivity index (χ1) is 9.45. The molecule has 2 amide bonds. The standard InChI is InChI=1S/C16H26N2O2/c1-11(2)15(14-8-6-5-7-9-14)18-16(20)17-13(4)12(3)10-19/h5-9,11-13,15,19H,10H2,1-4H3,(H2,17,18,20). The van der Waals surface area contributed by atoms with Gasteiger partial charge in [-0.15, -0.1) is 0 Å². The molecule has 4 heteroatoms. The zero-order chi connectivity index (χ0) is 15.1. The number of nitrogens with one attached hydrogen (secondary N) is 2. The number of carbonyl (C=O) groups is 1. The average molecular weight is 278 g/mol. The predicted octanol–water partition coefficient (Wildman–Crippen LogP) is 2.70. The van der Waals surface area contributed by atoms with Crippen molar-refractivity contribution < 1.29 is 9.90 Å². The van der Waals surface area contributed by atoms with Crippen LogP contribution in [-0.4, -0.2) is 23.8 Å². The molecule has 1 rings (SSSR count). The van der Waals surface area contributed by atoms with Crippen LogP contribution in [0.2, 0.25) is 0 Å². The van der Waals surface area contributed by atoms with E-state index in [2.05, 4.69) is 24.5 Å². The Kier molecular flexibility index (Phi) is 6.52. The molecule has 1 aromatic rings. The highest BCUT2D eigenvalue weighted by molar-refractivity contribution is 5.74. The Morgan fingerprint density at radius 2 is 1.70 bits per heavy atom. The number of hydrogen-bond donors (Lipinski definition) is 3. The van der Waals surface area contributed by atoms with Gasteiger partial charge in [-0.05, 0) is 24.3 Å². The molecule has 0 aliphatic rings. The lowest BCUT2D eigenvalue weighted by Crippen LogP contribution is -2.46. The maximum atomic E-state index is 12.1. The first-order valence-electron chi connectivity index (χ1n) is 7.18. The second-order valence-corrected chi connectivity index (χ2v) is 5.70. The molecule has 0 aromatic heterocycles. The Bertz CT molecular complexity index is 406. The van der Waals surface area contributed by atoms with Gasteiger partial charge < -0.3 is 15.7 Å². The van der Waals surface area contributed by atoms with E-state index in [1.807, 2.05) is 44.2 Å². The summed E-state index contributed by atoms with van der Waals surface area (Å²) >= 11 is 0. The Labute approximate surface area is 121 Å². The number of hydrogen-bond acceptors (Lipinski definition) is 2. The Morgan fingerprint density at radius 1 is 1.10 bits per heavy atom. The summed E-state index contributed by atoms with van der Waals surface area (Å²) < 4.78 is 0. The van der Waals surface area contributed by atoms with E-state index in [-0.39, 0.29) is 30.6 Å². The smallest absolute Gasteiger partial charge is 0.315 e. The van der Waals surface area contributed by atoms with Crippen LogP contribution in [0.1, 0.15) is 39.3 Å². The highest BCUT2D eigenvalue weighted by atomic mass is 16.3. The number of aliphatic hydroxyl groups excluding tert-OH is 1. The number of benzene rings is 1. The maximum Gasteiger partial charge on any atom is 0.315 e. The molecular formula is C16H26N2O2. The van der Waals surface area contributed by atoms with E-state index in [1.165, 1.54) is 0 Å². The number of carbonyl (C=O) groups excluding carboxylic acids is 1.